The molecule has 1 atom stereocenters. The molecule has 0 radical (unpaired) electrons. The fraction of sp³-hybridized carbons (Fsp3) is 0.308. The molecule has 1 aliphatic rings. The van der Waals surface area contributed by atoms with E-state index in [1.807, 2.05) is 41.8 Å². The van der Waals surface area contributed by atoms with Crippen molar-refractivity contribution in [3.63, 3.8) is 0 Å². The molecule has 3 aromatic rings. The average molecular weight is 494 g/mol. The Morgan fingerprint density at radius 3 is 2.65 bits per heavy atom. The number of thiophene rings is 1. The second kappa shape index (κ2) is 10.5. The van der Waals surface area contributed by atoms with E-state index in [0.29, 0.717) is 42.4 Å². The van der Waals surface area contributed by atoms with Crippen molar-refractivity contribution in [2.45, 2.75) is 38.0 Å². The topological polar surface area (TPSA) is 93.4 Å². The Hall–Kier alpha value is -2.94. The molecule has 0 aliphatic carbocycles. The number of aryl methyl sites for hydroxylation is 1. The lowest BCUT2D eigenvalue weighted by Gasteiger charge is -2.13. The summed E-state index contributed by atoms with van der Waals surface area (Å²) in [5, 5.41) is 8.39. The molecule has 0 spiro atoms. The Labute approximate surface area is 205 Å². The van der Waals surface area contributed by atoms with Gasteiger partial charge < -0.3 is 21.1 Å². The van der Waals surface area contributed by atoms with E-state index in [1.54, 1.807) is 29.5 Å². The molecule has 178 valence electrons. The van der Waals surface area contributed by atoms with Gasteiger partial charge in [0.25, 0.3) is 5.91 Å². The van der Waals surface area contributed by atoms with E-state index in [1.165, 1.54) is 0 Å². The van der Waals surface area contributed by atoms with Crippen LogP contribution in [0.2, 0.25) is 19.1 Å². The van der Waals surface area contributed by atoms with Crippen molar-refractivity contribution < 1.29 is 14.3 Å². The van der Waals surface area contributed by atoms with Gasteiger partial charge in [0.2, 0.25) is 0 Å². The summed E-state index contributed by atoms with van der Waals surface area (Å²) in [4.78, 5) is 26.0. The van der Waals surface area contributed by atoms with Gasteiger partial charge in [0.15, 0.2) is 0 Å². The number of nitrogens with two attached hydrogens (primary N) is 1. The quantitative estimate of drug-likeness (QED) is 0.235. The lowest BCUT2D eigenvalue weighted by Crippen LogP contribution is -2.29. The van der Waals surface area contributed by atoms with E-state index < -0.39 is 8.07 Å². The fourth-order valence-corrected chi connectivity index (χ4v) is 7.45. The van der Waals surface area contributed by atoms with Crippen molar-refractivity contribution in [1.29, 1.82) is 0 Å². The molecule has 1 aliphatic heterocycles. The number of nitrogens with one attached hydrogen (secondary N) is 2. The normalized spacial score (nSPS) is 16.8. The number of amides is 1. The third-order valence-corrected chi connectivity index (χ3v) is 9.73. The van der Waals surface area contributed by atoms with E-state index in [2.05, 4.69) is 23.7 Å². The number of carbonyl (C=O) groups excluding carboxylic acids is 2. The molecular weight excluding hydrogens is 462 g/mol. The summed E-state index contributed by atoms with van der Waals surface area (Å²) >= 11 is 1.64. The molecule has 1 amide bonds. The van der Waals surface area contributed by atoms with Crippen LogP contribution in [0.15, 0.2) is 60.0 Å². The molecule has 4 N–H and O–H groups in total. The molecule has 8 heteroatoms. The number of esters is 1. The zero-order valence-electron chi connectivity index (χ0n) is 19.6. The van der Waals surface area contributed by atoms with Crippen LogP contribution in [0.3, 0.4) is 0 Å². The fourth-order valence-electron chi connectivity index (χ4n) is 4.14. The Morgan fingerprint density at radius 1 is 1.18 bits per heavy atom. The van der Waals surface area contributed by atoms with Crippen molar-refractivity contribution in [2.24, 2.45) is 0 Å². The van der Waals surface area contributed by atoms with Crippen LogP contribution in [0.25, 0.3) is 10.4 Å². The first kappa shape index (κ1) is 24.2. The molecule has 0 saturated carbocycles. The summed E-state index contributed by atoms with van der Waals surface area (Å²) in [7, 11) is -1.15. The summed E-state index contributed by atoms with van der Waals surface area (Å²) in [6.07, 6.45) is 1.99. The van der Waals surface area contributed by atoms with Crippen molar-refractivity contribution in [2.75, 3.05) is 23.8 Å². The zero-order chi connectivity index (χ0) is 24.1. The Bertz CT molecular complexity index is 1150. The van der Waals surface area contributed by atoms with Crippen LogP contribution < -0.4 is 16.4 Å². The number of hydrogen-bond acceptors (Lipinski definition) is 6. The van der Waals surface area contributed by atoms with Crippen LogP contribution in [0, 0.1) is 0 Å². The van der Waals surface area contributed by atoms with Gasteiger partial charge in [0, 0.05) is 22.9 Å². The first-order valence-electron chi connectivity index (χ1n) is 11.5. The maximum Gasteiger partial charge on any atom is 0.306 e. The summed E-state index contributed by atoms with van der Waals surface area (Å²) in [6, 6.07) is 18.4. The summed E-state index contributed by atoms with van der Waals surface area (Å²) < 4.78 is 5.46. The summed E-state index contributed by atoms with van der Waals surface area (Å²) in [5.41, 5.74) is 9.72. The van der Waals surface area contributed by atoms with Gasteiger partial charge in [-0.3, -0.25) is 9.59 Å². The Kier molecular flexibility index (Phi) is 7.50. The molecule has 4 rings (SSSR count). The van der Waals surface area contributed by atoms with Crippen LogP contribution >= 0.6 is 11.3 Å². The van der Waals surface area contributed by atoms with Gasteiger partial charge in [0.05, 0.1) is 19.4 Å². The van der Waals surface area contributed by atoms with Gasteiger partial charge in [-0.15, -0.1) is 11.3 Å². The molecule has 2 aromatic carbocycles. The molecular formula is C26H31N3O3SSi. The number of anilines is 2. The van der Waals surface area contributed by atoms with E-state index in [9.17, 15) is 9.59 Å². The number of nitrogen functional groups attached to an aromatic ring is 1. The number of carbonyl (C=O) groups is 2. The number of benzene rings is 2. The van der Waals surface area contributed by atoms with Crippen molar-refractivity contribution >= 4 is 42.7 Å². The second-order valence-electron chi connectivity index (χ2n) is 9.56. The predicted octanol–water partition coefficient (Wildman–Crippen LogP) is 4.94. The zero-order valence-corrected chi connectivity index (χ0v) is 21.4. The smallest absolute Gasteiger partial charge is 0.306 e. The highest BCUT2D eigenvalue weighted by Crippen LogP contribution is 2.30. The van der Waals surface area contributed by atoms with E-state index in [0.717, 1.165) is 28.2 Å². The van der Waals surface area contributed by atoms with Crippen LogP contribution in [-0.2, 0) is 16.0 Å². The van der Waals surface area contributed by atoms with Gasteiger partial charge in [0.1, 0.15) is 6.61 Å². The number of ether oxygens (including phenoxy) is 1. The minimum absolute atomic E-state index is 0.184. The van der Waals surface area contributed by atoms with Gasteiger partial charge in [-0.05, 0) is 65.5 Å². The lowest BCUT2D eigenvalue weighted by atomic mass is 10.1. The Balaban J connectivity index is 1.27. The first-order chi connectivity index (χ1) is 16.3. The number of rotatable bonds is 8. The van der Waals surface area contributed by atoms with Crippen LogP contribution in [-0.4, -0.2) is 38.8 Å². The van der Waals surface area contributed by atoms with Crippen LogP contribution in [0.1, 0.15) is 22.3 Å². The Morgan fingerprint density at radius 2 is 1.97 bits per heavy atom. The van der Waals surface area contributed by atoms with Crippen molar-refractivity contribution in [3.05, 3.63) is 71.1 Å². The van der Waals surface area contributed by atoms with Crippen molar-refractivity contribution in [1.82, 2.24) is 5.32 Å². The molecule has 2 heterocycles. The molecule has 1 fully saturated rings. The first-order valence-corrected chi connectivity index (χ1v) is 15.8. The summed E-state index contributed by atoms with van der Waals surface area (Å²) in [5.74, 6) is -0.410. The minimum atomic E-state index is -1.15. The van der Waals surface area contributed by atoms with Crippen LogP contribution in [0.4, 0.5) is 11.4 Å². The molecule has 0 bridgehead atoms. The molecule has 1 aromatic heterocycles. The molecule has 1 saturated heterocycles. The van der Waals surface area contributed by atoms with Gasteiger partial charge in [-0.2, -0.15) is 0 Å². The van der Waals surface area contributed by atoms with E-state index in [-0.39, 0.29) is 11.9 Å². The van der Waals surface area contributed by atoms with Gasteiger partial charge >= 0.3 is 5.97 Å². The van der Waals surface area contributed by atoms with E-state index in [4.69, 9.17) is 10.5 Å². The van der Waals surface area contributed by atoms with Crippen LogP contribution in [0.5, 0.6) is 0 Å². The highest BCUT2D eigenvalue weighted by Gasteiger charge is 2.32. The van der Waals surface area contributed by atoms with Gasteiger partial charge in [-0.25, -0.2) is 0 Å². The second-order valence-corrected chi connectivity index (χ2v) is 15.6. The van der Waals surface area contributed by atoms with Crippen molar-refractivity contribution in [3.8, 4) is 10.4 Å². The monoisotopic (exact) mass is 493 g/mol. The highest BCUT2D eigenvalue weighted by molar-refractivity contribution is 7.13. The SMILES string of the molecule is C[Si]1(C)CN[C@H](COC(=O)CCc2ccc(C(=O)Nc3cc(-c4cccs4)ccc3N)cc2)C1. The maximum absolute atomic E-state index is 12.8. The van der Waals surface area contributed by atoms with E-state index >= 15 is 0 Å². The molecule has 6 nitrogen and oxygen atoms in total. The lowest BCUT2D eigenvalue weighted by molar-refractivity contribution is -0.144. The third-order valence-electron chi connectivity index (χ3n) is 6.05. The maximum atomic E-state index is 12.8. The number of hydrogen-bond donors (Lipinski definition) is 3. The highest BCUT2D eigenvalue weighted by atomic mass is 32.1. The van der Waals surface area contributed by atoms with Gasteiger partial charge in [-0.1, -0.05) is 37.4 Å². The molecule has 34 heavy (non-hydrogen) atoms. The third kappa shape index (κ3) is 6.34. The average Bonchev–Trinajstić information content (AvgIpc) is 3.47. The summed E-state index contributed by atoms with van der Waals surface area (Å²) in [6.45, 7) is 5.15. The molecule has 0 unspecified atom stereocenters. The standard InChI is InChI=1S/C26H31N3O3SSi/c1-34(2)16-21(28-17-34)15-32-25(30)12-7-18-5-8-19(9-6-18)26(31)29-23-14-20(10-11-22(23)27)24-4-3-13-33-24/h3-6,8-11,13-14,21,28H,7,12,15-17,27H2,1-2H3,(H,29,31)/t21-/m1/s1. The minimum Gasteiger partial charge on any atom is -0.464 e. The largest absolute Gasteiger partial charge is 0.464 e. The predicted molar refractivity (Wildman–Crippen MR) is 142 cm³/mol.